The number of aliphatic hydroxyl groups is 1. The molecule has 0 bridgehead atoms. The second-order valence-corrected chi connectivity index (χ2v) is 3.37. The van der Waals surface area contributed by atoms with Crippen LogP contribution in [0.4, 0.5) is 5.69 Å². The van der Waals surface area contributed by atoms with Crippen molar-refractivity contribution in [2.45, 2.75) is 0 Å². The smallest absolute Gasteiger partial charge is 0.168 e. The van der Waals surface area contributed by atoms with Gasteiger partial charge in [-0.3, -0.25) is 0 Å². The van der Waals surface area contributed by atoms with Crippen LogP contribution in [0.25, 0.3) is 5.57 Å². The molecule has 0 saturated carbocycles. The summed E-state index contributed by atoms with van der Waals surface area (Å²) >= 11 is 0. The molecule has 1 aliphatic rings. The summed E-state index contributed by atoms with van der Waals surface area (Å²) in [5, 5.41) is 28.6. The summed E-state index contributed by atoms with van der Waals surface area (Å²) in [4.78, 5) is 3.99. The second-order valence-electron chi connectivity index (χ2n) is 3.37. The highest BCUT2D eigenvalue weighted by atomic mass is 16.5. The van der Waals surface area contributed by atoms with Crippen LogP contribution in [0.2, 0.25) is 0 Å². The molecule has 0 amide bonds. The Bertz CT molecular complexity index is 505. The lowest BCUT2D eigenvalue weighted by Gasteiger charge is -2.09. The van der Waals surface area contributed by atoms with Gasteiger partial charge >= 0.3 is 0 Å². The minimum Gasteiger partial charge on any atom is -0.506 e. The standard InChI is InChI=1S/C11H11NO4/c1-5-6(4-13)12-10-7(14)3-8(16-2)11(15)9(5)10/h3,13-15H,1,4H2,2H3. The summed E-state index contributed by atoms with van der Waals surface area (Å²) in [6.07, 6.45) is 0. The molecule has 0 saturated heterocycles. The van der Waals surface area contributed by atoms with Crippen LogP contribution in [0.5, 0.6) is 17.2 Å². The number of aliphatic hydroxyl groups excluding tert-OH is 1. The van der Waals surface area contributed by atoms with Crippen LogP contribution in [-0.2, 0) is 0 Å². The Morgan fingerprint density at radius 2 is 2.12 bits per heavy atom. The van der Waals surface area contributed by atoms with Crippen LogP contribution in [0.3, 0.4) is 0 Å². The van der Waals surface area contributed by atoms with Gasteiger partial charge in [0.1, 0.15) is 11.4 Å². The third-order valence-corrected chi connectivity index (χ3v) is 2.48. The van der Waals surface area contributed by atoms with E-state index >= 15 is 0 Å². The maximum atomic E-state index is 9.87. The van der Waals surface area contributed by atoms with E-state index in [0.29, 0.717) is 16.8 Å². The molecule has 0 spiro atoms. The first-order valence-electron chi connectivity index (χ1n) is 4.61. The normalized spacial score (nSPS) is 13.6. The molecule has 0 radical (unpaired) electrons. The number of phenolic OH excluding ortho intramolecular Hbond substituents is 2. The Labute approximate surface area is 92.0 Å². The van der Waals surface area contributed by atoms with Crippen molar-refractivity contribution < 1.29 is 20.1 Å². The van der Waals surface area contributed by atoms with Gasteiger partial charge in [0.2, 0.25) is 0 Å². The molecule has 0 aromatic heterocycles. The van der Waals surface area contributed by atoms with Crippen LogP contribution >= 0.6 is 0 Å². The molecule has 16 heavy (non-hydrogen) atoms. The molecule has 3 N–H and O–H groups in total. The predicted molar refractivity (Wildman–Crippen MR) is 59.5 cm³/mol. The monoisotopic (exact) mass is 221 g/mol. The van der Waals surface area contributed by atoms with Gasteiger partial charge in [0.05, 0.1) is 25.0 Å². The number of hydrogen-bond donors (Lipinski definition) is 3. The first-order chi connectivity index (χ1) is 7.60. The number of aliphatic imine (C=N–C) groups is 1. The minimum absolute atomic E-state index is 0.116. The highest BCUT2D eigenvalue weighted by molar-refractivity contribution is 6.30. The van der Waals surface area contributed by atoms with Crippen molar-refractivity contribution in [3.8, 4) is 17.2 Å². The highest BCUT2D eigenvalue weighted by Crippen LogP contribution is 2.49. The quantitative estimate of drug-likeness (QED) is 0.655. The molecule has 84 valence electrons. The van der Waals surface area contributed by atoms with Crippen molar-refractivity contribution >= 4 is 17.0 Å². The number of fused-ring (bicyclic) bond motifs is 1. The number of phenols is 2. The molecule has 2 rings (SSSR count). The molecule has 1 aromatic rings. The first-order valence-corrected chi connectivity index (χ1v) is 4.61. The van der Waals surface area contributed by atoms with Gasteiger partial charge in [-0.2, -0.15) is 0 Å². The van der Waals surface area contributed by atoms with Crippen molar-refractivity contribution in [1.29, 1.82) is 0 Å². The molecule has 1 aromatic carbocycles. The van der Waals surface area contributed by atoms with E-state index in [2.05, 4.69) is 11.6 Å². The Kier molecular flexibility index (Phi) is 2.32. The number of aromatic hydroxyl groups is 2. The summed E-state index contributed by atoms with van der Waals surface area (Å²) in [6, 6.07) is 1.27. The number of nitrogens with zero attached hydrogens (tertiary/aromatic N) is 1. The molecule has 0 atom stereocenters. The van der Waals surface area contributed by atoms with Crippen molar-refractivity contribution in [3.63, 3.8) is 0 Å². The molecule has 0 unspecified atom stereocenters. The zero-order valence-electron chi connectivity index (χ0n) is 8.69. The number of ether oxygens (including phenoxy) is 1. The molecular weight excluding hydrogens is 210 g/mol. The molecule has 5 heteroatoms. The Morgan fingerprint density at radius 1 is 1.44 bits per heavy atom. The summed E-state index contributed by atoms with van der Waals surface area (Å²) in [5.41, 5.74) is 1.24. The van der Waals surface area contributed by atoms with Crippen molar-refractivity contribution in [2.24, 2.45) is 4.99 Å². The molecule has 0 fully saturated rings. The Hall–Kier alpha value is -2.01. The van der Waals surface area contributed by atoms with Gasteiger partial charge in [0.15, 0.2) is 11.5 Å². The molecule has 5 nitrogen and oxygen atoms in total. The van der Waals surface area contributed by atoms with E-state index in [1.54, 1.807) is 0 Å². The Morgan fingerprint density at radius 3 is 2.69 bits per heavy atom. The van der Waals surface area contributed by atoms with Crippen LogP contribution < -0.4 is 4.74 Å². The van der Waals surface area contributed by atoms with Gasteiger partial charge in [0, 0.05) is 11.6 Å². The summed E-state index contributed by atoms with van der Waals surface area (Å²) in [7, 11) is 1.38. The van der Waals surface area contributed by atoms with E-state index in [1.807, 2.05) is 0 Å². The summed E-state index contributed by atoms with van der Waals surface area (Å²) < 4.78 is 4.90. The van der Waals surface area contributed by atoms with Gasteiger partial charge < -0.3 is 20.1 Å². The van der Waals surface area contributed by atoms with Crippen LogP contribution in [0.15, 0.2) is 17.6 Å². The fourth-order valence-electron chi connectivity index (χ4n) is 1.66. The number of rotatable bonds is 2. The molecule has 1 aliphatic heterocycles. The first kappa shape index (κ1) is 10.5. The fraction of sp³-hybridized carbons (Fsp3) is 0.182. The third kappa shape index (κ3) is 1.25. The molecular formula is C11H11NO4. The maximum Gasteiger partial charge on any atom is 0.168 e. The lowest BCUT2D eigenvalue weighted by molar-refractivity contribution is 0.359. The van der Waals surface area contributed by atoms with Crippen LogP contribution in [-0.4, -0.2) is 34.7 Å². The van der Waals surface area contributed by atoms with Gasteiger partial charge in [-0.05, 0) is 0 Å². The third-order valence-electron chi connectivity index (χ3n) is 2.48. The number of benzene rings is 1. The van der Waals surface area contributed by atoms with E-state index in [1.165, 1.54) is 13.2 Å². The van der Waals surface area contributed by atoms with Gasteiger partial charge in [-0.1, -0.05) is 6.58 Å². The topological polar surface area (TPSA) is 82.3 Å². The van der Waals surface area contributed by atoms with Crippen LogP contribution in [0, 0.1) is 0 Å². The molecule has 1 heterocycles. The van der Waals surface area contributed by atoms with Crippen molar-refractivity contribution in [1.82, 2.24) is 0 Å². The SMILES string of the molecule is C=C1C(CO)=Nc2c(O)cc(OC)c(O)c21. The van der Waals surface area contributed by atoms with Gasteiger partial charge in [-0.15, -0.1) is 0 Å². The number of hydrogen-bond acceptors (Lipinski definition) is 5. The van der Waals surface area contributed by atoms with Crippen molar-refractivity contribution in [2.75, 3.05) is 13.7 Å². The zero-order chi connectivity index (χ0) is 11.9. The highest BCUT2D eigenvalue weighted by Gasteiger charge is 2.27. The predicted octanol–water partition coefficient (Wildman–Crippen LogP) is 1.20. The second kappa shape index (κ2) is 3.53. The fourth-order valence-corrected chi connectivity index (χ4v) is 1.66. The average molecular weight is 221 g/mol. The van der Waals surface area contributed by atoms with E-state index in [-0.39, 0.29) is 29.5 Å². The summed E-state index contributed by atoms with van der Waals surface area (Å²) in [6.45, 7) is 3.41. The Balaban J connectivity index is 2.69. The average Bonchev–Trinajstić information content (AvgIpc) is 2.61. The lowest BCUT2D eigenvalue weighted by Crippen LogP contribution is -2.01. The minimum atomic E-state index is -0.297. The van der Waals surface area contributed by atoms with E-state index < -0.39 is 0 Å². The zero-order valence-corrected chi connectivity index (χ0v) is 8.69. The lowest BCUT2D eigenvalue weighted by atomic mass is 10.0. The van der Waals surface area contributed by atoms with Gasteiger partial charge in [-0.25, -0.2) is 4.99 Å². The summed E-state index contributed by atoms with van der Waals surface area (Å²) in [5.74, 6) is -0.103. The largest absolute Gasteiger partial charge is 0.506 e. The van der Waals surface area contributed by atoms with E-state index in [9.17, 15) is 10.2 Å². The number of methoxy groups -OCH3 is 1. The van der Waals surface area contributed by atoms with Gasteiger partial charge in [0.25, 0.3) is 0 Å². The van der Waals surface area contributed by atoms with Crippen LogP contribution in [0.1, 0.15) is 5.56 Å². The molecule has 0 aliphatic carbocycles. The maximum absolute atomic E-state index is 9.87. The van der Waals surface area contributed by atoms with E-state index in [0.717, 1.165) is 0 Å². The van der Waals surface area contributed by atoms with Crippen molar-refractivity contribution in [3.05, 3.63) is 18.2 Å². The van der Waals surface area contributed by atoms with E-state index in [4.69, 9.17) is 9.84 Å².